The Morgan fingerprint density at radius 3 is 2.08 bits per heavy atom. The lowest BCUT2D eigenvalue weighted by Crippen LogP contribution is -2.33. The number of nitrogens with one attached hydrogen (secondary N) is 1. The minimum atomic E-state index is -0.103. The Bertz CT molecular complexity index is 1740. The van der Waals surface area contributed by atoms with Crippen LogP contribution in [-0.2, 0) is 0 Å². The third-order valence-corrected chi connectivity index (χ3v) is 6.81. The Kier molecular flexibility index (Phi) is 4.81. The van der Waals surface area contributed by atoms with E-state index in [9.17, 15) is 0 Å². The van der Waals surface area contributed by atoms with Gasteiger partial charge in [0.1, 0.15) is 5.65 Å². The molecule has 1 unspecified atom stereocenters. The van der Waals surface area contributed by atoms with E-state index in [2.05, 4.69) is 130 Å². The molecule has 3 heterocycles. The summed E-state index contributed by atoms with van der Waals surface area (Å²) in [4.78, 5) is 5.26. The Morgan fingerprint density at radius 2 is 1.31 bits per heavy atom. The van der Waals surface area contributed by atoms with E-state index < -0.39 is 0 Å². The van der Waals surface area contributed by atoms with E-state index in [1.807, 2.05) is 18.2 Å². The van der Waals surface area contributed by atoms with Crippen LogP contribution in [0.2, 0.25) is 0 Å². The van der Waals surface area contributed by atoms with Crippen molar-refractivity contribution < 1.29 is 0 Å². The van der Waals surface area contributed by atoms with Crippen LogP contribution in [0.1, 0.15) is 17.2 Å². The molecule has 0 bridgehead atoms. The van der Waals surface area contributed by atoms with Gasteiger partial charge in [-0.15, -0.1) is 0 Å². The first-order valence-corrected chi connectivity index (χ1v) is 12.2. The highest BCUT2D eigenvalue weighted by molar-refractivity contribution is 6.14. The highest BCUT2D eigenvalue weighted by Crippen LogP contribution is 2.34. The monoisotopic (exact) mass is 464 g/mol. The van der Waals surface area contributed by atoms with Crippen molar-refractivity contribution in [1.82, 2.24) is 14.5 Å². The fourth-order valence-corrected chi connectivity index (χ4v) is 5.13. The lowest BCUT2D eigenvalue weighted by molar-refractivity contribution is 0.856. The third-order valence-electron chi connectivity index (χ3n) is 6.81. The Labute approximate surface area is 209 Å². The van der Waals surface area contributed by atoms with Gasteiger partial charge >= 0.3 is 0 Å². The summed E-state index contributed by atoms with van der Waals surface area (Å²) in [5, 5.41) is 6.09. The Balaban J connectivity index is 1.49. The maximum absolute atomic E-state index is 5.26. The smallest absolute Gasteiger partial charge is 0.209 e. The van der Waals surface area contributed by atoms with Gasteiger partial charge in [-0.25, -0.2) is 4.99 Å². The van der Waals surface area contributed by atoms with Crippen LogP contribution in [0.15, 0.2) is 139 Å². The first-order valence-electron chi connectivity index (χ1n) is 12.2. The lowest BCUT2D eigenvalue weighted by Gasteiger charge is -2.24. The minimum Gasteiger partial charge on any atom is -0.325 e. The van der Waals surface area contributed by atoms with Gasteiger partial charge in [0.25, 0.3) is 0 Å². The zero-order valence-electron chi connectivity index (χ0n) is 19.6. The molecule has 0 amide bonds. The molecule has 0 fully saturated rings. The van der Waals surface area contributed by atoms with Crippen LogP contribution >= 0.6 is 0 Å². The number of nitrogens with zero attached hydrogens (tertiary/aromatic N) is 3. The highest BCUT2D eigenvalue weighted by Gasteiger charge is 2.24. The van der Waals surface area contributed by atoms with Crippen molar-refractivity contribution in [3.63, 3.8) is 0 Å². The van der Waals surface area contributed by atoms with Crippen molar-refractivity contribution in [2.24, 2.45) is 4.99 Å². The molecule has 4 nitrogen and oxygen atoms in total. The van der Waals surface area contributed by atoms with E-state index in [4.69, 9.17) is 4.99 Å². The summed E-state index contributed by atoms with van der Waals surface area (Å²) in [7, 11) is 0. The number of para-hydroxylation sites is 2. The second-order valence-corrected chi connectivity index (χ2v) is 8.99. The van der Waals surface area contributed by atoms with Crippen LogP contribution in [0, 0.1) is 0 Å². The van der Waals surface area contributed by atoms with Gasteiger partial charge in [-0.1, -0.05) is 97.1 Å². The molecule has 6 aromatic rings. The molecule has 1 atom stereocenters. The second kappa shape index (κ2) is 8.43. The quantitative estimate of drug-likeness (QED) is 0.296. The normalized spacial score (nSPS) is 15.5. The molecule has 0 saturated heterocycles. The van der Waals surface area contributed by atoms with Gasteiger partial charge < -0.3 is 9.88 Å². The molecule has 0 saturated carbocycles. The van der Waals surface area contributed by atoms with E-state index in [-0.39, 0.29) is 6.04 Å². The van der Waals surface area contributed by atoms with Crippen LogP contribution in [0.3, 0.4) is 0 Å². The van der Waals surface area contributed by atoms with E-state index in [1.54, 1.807) is 0 Å². The Morgan fingerprint density at radius 1 is 0.639 bits per heavy atom. The van der Waals surface area contributed by atoms with E-state index >= 15 is 0 Å². The van der Waals surface area contributed by atoms with E-state index in [0.717, 1.165) is 39.6 Å². The average Bonchev–Trinajstić information content (AvgIpc) is 3.53. The van der Waals surface area contributed by atoms with Gasteiger partial charge in [-0.3, -0.25) is 4.57 Å². The second-order valence-electron chi connectivity index (χ2n) is 8.99. The molecule has 4 aromatic carbocycles. The van der Waals surface area contributed by atoms with Gasteiger partial charge in [-0.05, 0) is 41.5 Å². The summed E-state index contributed by atoms with van der Waals surface area (Å²) >= 11 is 0. The summed E-state index contributed by atoms with van der Waals surface area (Å²) in [6.07, 6.45) is 4.36. The van der Waals surface area contributed by atoms with E-state index in [0.29, 0.717) is 0 Å². The van der Waals surface area contributed by atoms with Gasteiger partial charge in [0.2, 0.25) is 5.96 Å². The van der Waals surface area contributed by atoms with Crippen molar-refractivity contribution in [2.75, 3.05) is 0 Å². The summed E-state index contributed by atoms with van der Waals surface area (Å²) < 4.78 is 4.51. The maximum Gasteiger partial charge on any atom is 0.209 e. The minimum absolute atomic E-state index is 0.103. The van der Waals surface area contributed by atoms with Crippen LogP contribution in [-0.4, -0.2) is 15.1 Å². The van der Waals surface area contributed by atoms with Crippen molar-refractivity contribution >= 4 is 33.6 Å². The van der Waals surface area contributed by atoms with Gasteiger partial charge in [0.15, 0.2) is 0 Å². The summed E-state index contributed by atoms with van der Waals surface area (Å²) in [5.41, 5.74) is 6.69. The maximum atomic E-state index is 5.26. The van der Waals surface area contributed by atoms with Gasteiger partial charge in [-0.2, -0.15) is 0 Å². The van der Waals surface area contributed by atoms with Crippen molar-refractivity contribution in [2.45, 2.75) is 6.04 Å². The molecular formula is C32H24N4. The largest absolute Gasteiger partial charge is 0.325 e. The highest BCUT2D eigenvalue weighted by atomic mass is 15.3. The van der Waals surface area contributed by atoms with Crippen LogP contribution < -0.4 is 5.32 Å². The zero-order chi connectivity index (χ0) is 23.9. The number of hydrogen-bond donors (Lipinski definition) is 1. The molecule has 1 aliphatic heterocycles. The van der Waals surface area contributed by atoms with Gasteiger partial charge in [0, 0.05) is 28.4 Å². The summed E-state index contributed by atoms with van der Waals surface area (Å²) in [6.45, 7) is 0. The molecule has 1 N–H and O–H groups in total. The zero-order valence-corrected chi connectivity index (χ0v) is 19.6. The molecule has 172 valence electrons. The van der Waals surface area contributed by atoms with Crippen molar-refractivity contribution in [1.29, 1.82) is 0 Å². The summed E-state index contributed by atoms with van der Waals surface area (Å²) in [6, 6.07) is 42.1. The molecule has 2 aromatic heterocycles. The fraction of sp³-hybridized carbons (Fsp3) is 0.0312. The van der Waals surface area contributed by atoms with Crippen molar-refractivity contribution in [3.8, 4) is 5.69 Å². The molecular weight excluding hydrogens is 440 g/mol. The molecule has 36 heavy (non-hydrogen) atoms. The van der Waals surface area contributed by atoms with Gasteiger partial charge in [0.05, 0.1) is 11.6 Å². The molecule has 7 rings (SSSR count). The molecule has 0 aliphatic carbocycles. The average molecular weight is 465 g/mol. The standard InChI is InChI=1S/C32H24N4/c1-4-12-23(13-5-1)28-22-29(24-14-6-2-7-15-24)34-32(33-28)36-30-19-11-10-18-26(30)27-20-21-35(31(27)36)25-16-8-3-9-17-25/h1-22,28H,(H,33,34). The predicted molar refractivity (Wildman–Crippen MR) is 148 cm³/mol. The van der Waals surface area contributed by atoms with Crippen molar-refractivity contribution in [3.05, 3.63) is 145 Å². The fourth-order valence-electron chi connectivity index (χ4n) is 5.13. The number of hydrogen-bond acceptors (Lipinski definition) is 2. The topological polar surface area (TPSA) is 34.2 Å². The van der Waals surface area contributed by atoms with E-state index in [1.165, 1.54) is 10.8 Å². The number of benzene rings is 4. The molecule has 0 spiro atoms. The lowest BCUT2D eigenvalue weighted by atomic mass is 10.0. The number of aliphatic imine (C=N–C) groups is 1. The number of aromatic nitrogens is 2. The molecule has 4 heteroatoms. The van der Waals surface area contributed by atoms with Crippen LogP contribution in [0.5, 0.6) is 0 Å². The first kappa shape index (κ1) is 20.5. The first-order chi connectivity index (χ1) is 17.9. The van der Waals surface area contributed by atoms with Crippen LogP contribution in [0.25, 0.3) is 33.3 Å². The molecule has 1 aliphatic rings. The van der Waals surface area contributed by atoms with Crippen LogP contribution in [0.4, 0.5) is 0 Å². The number of rotatable bonds is 3. The SMILES string of the molecule is C1=C(c2ccccc2)NC(n2c3ccccc3c3ccn(-c4ccccc4)c32)=NC1c1ccccc1. The third kappa shape index (κ3) is 3.35. The predicted octanol–water partition coefficient (Wildman–Crippen LogP) is 7.17. The summed E-state index contributed by atoms with van der Waals surface area (Å²) in [5.74, 6) is 0.812. The Hall–Kier alpha value is -4.83. The molecule has 0 radical (unpaired) electrons. The number of fused-ring (bicyclic) bond motifs is 3.